The van der Waals surface area contributed by atoms with E-state index in [4.69, 9.17) is 16.7 Å². The zero-order chi connectivity index (χ0) is 14.8. The van der Waals surface area contributed by atoms with Crippen molar-refractivity contribution in [1.82, 2.24) is 0 Å². The predicted octanol–water partition coefficient (Wildman–Crippen LogP) is 4.69. The first-order valence-electron chi connectivity index (χ1n) is 6.65. The van der Waals surface area contributed by atoms with Crippen LogP contribution in [0.3, 0.4) is 0 Å². The van der Waals surface area contributed by atoms with E-state index in [0.29, 0.717) is 0 Å². The molecule has 0 radical (unpaired) electrons. The number of thioether (sulfide) groups is 1. The number of carbonyl (C=O) groups is 1. The first kappa shape index (κ1) is 14.3. The number of carboxylic acid groups (broad SMARTS) is 1. The van der Waals surface area contributed by atoms with E-state index in [1.54, 1.807) is 18.2 Å². The zero-order valence-electron chi connectivity index (χ0n) is 11.2. The number of hydrogen-bond acceptors (Lipinski definition) is 3. The van der Waals surface area contributed by atoms with Gasteiger partial charge >= 0.3 is 5.97 Å². The Bertz CT molecular complexity index is 690. The molecule has 1 aliphatic rings. The van der Waals surface area contributed by atoms with Gasteiger partial charge in [0.05, 0.1) is 11.6 Å². The molecule has 2 aromatic carbocycles. The maximum atomic E-state index is 11.0. The van der Waals surface area contributed by atoms with Gasteiger partial charge in [-0.15, -0.1) is 11.8 Å². The number of fused-ring (bicyclic) bond motifs is 1. The van der Waals surface area contributed by atoms with Gasteiger partial charge in [0.25, 0.3) is 0 Å². The number of benzene rings is 2. The van der Waals surface area contributed by atoms with E-state index >= 15 is 0 Å². The maximum Gasteiger partial charge on any atom is 0.335 e. The number of hydrogen-bond donors (Lipinski definition) is 2. The minimum absolute atomic E-state index is 0.156. The second-order valence-electron chi connectivity index (χ2n) is 4.90. The molecule has 3 rings (SSSR count). The van der Waals surface area contributed by atoms with Gasteiger partial charge < -0.3 is 10.4 Å². The van der Waals surface area contributed by atoms with Crippen molar-refractivity contribution in [1.29, 1.82) is 0 Å². The Morgan fingerprint density at radius 2 is 2.14 bits per heavy atom. The fourth-order valence-corrected chi connectivity index (χ4v) is 3.74. The standard InChI is InChI=1S/C16H14ClNO2S/c17-11-4-5-15-13(9-11)14(6-7-21-15)18-12-3-1-2-10(8-12)16(19)20/h1-5,8-9,14,18H,6-7H2,(H,19,20). The van der Waals surface area contributed by atoms with Crippen LogP contribution in [-0.2, 0) is 0 Å². The second kappa shape index (κ2) is 6.00. The molecule has 2 aromatic rings. The fraction of sp³-hybridized carbons (Fsp3) is 0.188. The van der Waals surface area contributed by atoms with Gasteiger partial charge in [0.15, 0.2) is 0 Å². The molecule has 1 heterocycles. The van der Waals surface area contributed by atoms with Gasteiger partial charge in [-0.2, -0.15) is 0 Å². The van der Waals surface area contributed by atoms with Crippen LogP contribution in [0.15, 0.2) is 47.4 Å². The normalized spacial score (nSPS) is 17.1. The highest BCUT2D eigenvalue weighted by molar-refractivity contribution is 7.99. The van der Waals surface area contributed by atoms with E-state index in [0.717, 1.165) is 22.9 Å². The number of anilines is 1. The first-order chi connectivity index (χ1) is 10.1. The molecule has 0 amide bonds. The Morgan fingerprint density at radius 3 is 2.95 bits per heavy atom. The summed E-state index contributed by atoms with van der Waals surface area (Å²) < 4.78 is 0. The lowest BCUT2D eigenvalue weighted by Gasteiger charge is -2.27. The molecular formula is C16H14ClNO2S. The molecule has 0 aliphatic carbocycles. The van der Waals surface area contributed by atoms with Crippen molar-refractivity contribution in [3.05, 3.63) is 58.6 Å². The van der Waals surface area contributed by atoms with Crippen LogP contribution in [0.5, 0.6) is 0 Å². The van der Waals surface area contributed by atoms with E-state index in [9.17, 15) is 4.79 Å². The molecule has 0 bridgehead atoms. The molecule has 1 unspecified atom stereocenters. The minimum atomic E-state index is -0.915. The molecular weight excluding hydrogens is 306 g/mol. The quantitative estimate of drug-likeness (QED) is 0.862. The molecule has 3 nitrogen and oxygen atoms in total. The van der Waals surface area contributed by atoms with Crippen molar-refractivity contribution >= 4 is 35.0 Å². The Balaban J connectivity index is 1.88. The average molecular weight is 320 g/mol. The van der Waals surface area contributed by atoms with Crippen LogP contribution >= 0.6 is 23.4 Å². The molecule has 21 heavy (non-hydrogen) atoms. The lowest BCUT2D eigenvalue weighted by Crippen LogP contribution is -2.16. The monoisotopic (exact) mass is 319 g/mol. The Hall–Kier alpha value is -1.65. The van der Waals surface area contributed by atoms with E-state index < -0.39 is 5.97 Å². The Kier molecular flexibility index (Phi) is 4.08. The summed E-state index contributed by atoms with van der Waals surface area (Å²) in [5.74, 6) is 0.117. The van der Waals surface area contributed by atoms with Gasteiger partial charge in [0, 0.05) is 21.4 Å². The average Bonchev–Trinajstić information content (AvgIpc) is 2.48. The van der Waals surface area contributed by atoms with Gasteiger partial charge in [-0.3, -0.25) is 0 Å². The first-order valence-corrected chi connectivity index (χ1v) is 8.02. The van der Waals surface area contributed by atoms with Crippen molar-refractivity contribution in [3.63, 3.8) is 0 Å². The van der Waals surface area contributed by atoms with Crippen LogP contribution < -0.4 is 5.32 Å². The summed E-state index contributed by atoms with van der Waals surface area (Å²) in [4.78, 5) is 12.3. The number of halogens is 1. The highest BCUT2D eigenvalue weighted by Crippen LogP contribution is 2.39. The second-order valence-corrected chi connectivity index (χ2v) is 6.48. The van der Waals surface area contributed by atoms with Crippen LogP contribution in [0, 0.1) is 0 Å². The van der Waals surface area contributed by atoms with Crippen LogP contribution in [-0.4, -0.2) is 16.8 Å². The fourth-order valence-electron chi connectivity index (χ4n) is 2.46. The molecule has 1 atom stereocenters. The summed E-state index contributed by atoms with van der Waals surface area (Å²) in [5, 5.41) is 13.2. The molecule has 0 saturated carbocycles. The van der Waals surface area contributed by atoms with Gasteiger partial charge in [-0.1, -0.05) is 17.7 Å². The third-order valence-corrected chi connectivity index (χ3v) is 4.82. The molecule has 2 N–H and O–H groups in total. The van der Waals surface area contributed by atoms with Gasteiger partial charge in [-0.05, 0) is 48.4 Å². The topological polar surface area (TPSA) is 49.3 Å². The molecule has 1 aliphatic heterocycles. The van der Waals surface area contributed by atoms with Crippen LogP contribution in [0.4, 0.5) is 5.69 Å². The Labute approximate surface area is 132 Å². The minimum Gasteiger partial charge on any atom is -0.478 e. The van der Waals surface area contributed by atoms with Crippen LogP contribution in [0.25, 0.3) is 0 Å². The molecule has 108 valence electrons. The molecule has 0 spiro atoms. The Morgan fingerprint density at radius 1 is 1.29 bits per heavy atom. The van der Waals surface area contributed by atoms with Gasteiger partial charge in [-0.25, -0.2) is 4.79 Å². The highest BCUT2D eigenvalue weighted by atomic mass is 35.5. The van der Waals surface area contributed by atoms with Crippen LogP contribution in [0.2, 0.25) is 5.02 Å². The summed E-state index contributed by atoms with van der Waals surface area (Å²) >= 11 is 7.92. The highest BCUT2D eigenvalue weighted by Gasteiger charge is 2.21. The number of nitrogens with one attached hydrogen (secondary N) is 1. The van der Waals surface area contributed by atoms with E-state index in [2.05, 4.69) is 5.32 Å². The van der Waals surface area contributed by atoms with Crippen molar-refractivity contribution in [2.75, 3.05) is 11.1 Å². The summed E-state index contributed by atoms with van der Waals surface area (Å²) in [7, 11) is 0. The van der Waals surface area contributed by atoms with Crippen molar-refractivity contribution in [2.45, 2.75) is 17.4 Å². The number of aromatic carboxylic acids is 1. The van der Waals surface area contributed by atoms with Crippen molar-refractivity contribution in [2.24, 2.45) is 0 Å². The number of carboxylic acids is 1. The van der Waals surface area contributed by atoms with E-state index in [1.165, 1.54) is 10.5 Å². The largest absolute Gasteiger partial charge is 0.478 e. The third kappa shape index (κ3) is 3.17. The third-order valence-electron chi connectivity index (χ3n) is 3.46. The SMILES string of the molecule is O=C(O)c1cccc(NC2CCSc3ccc(Cl)cc32)c1. The van der Waals surface area contributed by atoms with Crippen molar-refractivity contribution < 1.29 is 9.90 Å². The molecule has 5 heteroatoms. The van der Waals surface area contributed by atoms with Gasteiger partial charge in [0.2, 0.25) is 0 Å². The summed E-state index contributed by atoms with van der Waals surface area (Å²) in [6.45, 7) is 0. The van der Waals surface area contributed by atoms with Gasteiger partial charge in [0.1, 0.15) is 0 Å². The predicted molar refractivity (Wildman–Crippen MR) is 86.6 cm³/mol. The summed E-state index contributed by atoms with van der Waals surface area (Å²) in [6.07, 6.45) is 0.981. The molecule has 0 fully saturated rings. The van der Waals surface area contributed by atoms with E-state index in [1.807, 2.05) is 36.0 Å². The van der Waals surface area contributed by atoms with E-state index in [-0.39, 0.29) is 11.6 Å². The smallest absolute Gasteiger partial charge is 0.335 e. The summed E-state index contributed by atoms with van der Waals surface area (Å²) in [6, 6.07) is 13.0. The lowest BCUT2D eigenvalue weighted by atomic mass is 10.0. The summed E-state index contributed by atoms with van der Waals surface area (Å²) in [5.41, 5.74) is 2.29. The molecule has 0 aromatic heterocycles. The zero-order valence-corrected chi connectivity index (χ0v) is 12.7. The number of rotatable bonds is 3. The maximum absolute atomic E-state index is 11.0. The van der Waals surface area contributed by atoms with Crippen LogP contribution in [0.1, 0.15) is 28.4 Å². The lowest BCUT2D eigenvalue weighted by molar-refractivity contribution is 0.0697. The van der Waals surface area contributed by atoms with Crippen molar-refractivity contribution in [3.8, 4) is 0 Å². The molecule has 0 saturated heterocycles.